The van der Waals surface area contributed by atoms with Crippen molar-refractivity contribution in [1.82, 2.24) is 15.5 Å². The molecule has 0 saturated carbocycles. The second-order valence-corrected chi connectivity index (χ2v) is 8.36. The first-order chi connectivity index (χ1) is 15.1. The van der Waals surface area contributed by atoms with Crippen molar-refractivity contribution in [2.24, 2.45) is 0 Å². The average molecular weight is 419 g/mol. The maximum Gasteiger partial charge on any atom is 0.318 e. The van der Waals surface area contributed by atoms with E-state index in [9.17, 15) is 4.79 Å². The van der Waals surface area contributed by atoms with Gasteiger partial charge in [0, 0.05) is 25.1 Å². The predicted molar refractivity (Wildman–Crippen MR) is 121 cm³/mol. The lowest BCUT2D eigenvalue weighted by Crippen LogP contribution is -2.30. The Bertz CT molecular complexity index is 1010. The highest BCUT2D eigenvalue weighted by Gasteiger charge is 2.25. The lowest BCUT2D eigenvalue weighted by atomic mass is 10.0. The van der Waals surface area contributed by atoms with E-state index in [0.29, 0.717) is 23.9 Å². The van der Waals surface area contributed by atoms with E-state index in [0.717, 1.165) is 42.6 Å². The molecule has 0 spiro atoms. The highest BCUT2D eigenvalue weighted by atomic mass is 16.4. The fraction of sp³-hybridized carbons (Fsp3) is 0.400. The molecule has 1 atom stereocenters. The maximum atomic E-state index is 13.1. The van der Waals surface area contributed by atoms with Crippen molar-refractivity contribution in [3.8, 4) is 0 Å². The molecule has 0 bridgehead atoms. The summed E-state index contributed by atoms with van der Waals surface area (Å²) < 4.78 is 6.09. The second-order valence-electron chi connectivity index (χ2n) is 8.36. The molecule has 4 rings (SSSR count). The minimum absolute atomic E-state index is 0.132. The molecule has 1 fully saturated rings. The van der Waals surface area contributed by atoms with Crippen molar-refractivity contribution in [3.63, 3.8) is 0 Å². The van der Waals surface area contributed by atoms with E-state index in [1.165, 1.54) is 12.8 Å². The molecule has 1 aromatic heterocycles. The third kappa shape index (κ3) is 5.32. The molecular weight excluding hydrogens is 388 g/mol. The largest absolute Gasteiger partial charge is 0.406 e. The Labute approximate surface area is 183 Å². The van der Waals surface area contributed by atoms with Crippen molar-refractivity contribution in [3.05, 3.63) is 76.7 Å². The maximum absolute atomic E-state index is 13.1. The predicted octanol–water partition coefficient (Wildman–Crippen LogP) is 4.78. The van der Waals surface area contributed by atoms with E-state index in [1.54, 1.807) is 0 Å². The lowest BCUT2D eigenvalue weighted by Gasteiger charge is -2.18. The van der Waals surface area contributed by atoms with Crippen LogP contribution in [-0.2, 0) is 6.42 Å². The zero-order chi connectivity index (χ0) is 21.6. The summed E-state index contributed by atoms with van der Waals surface area (Å²) in [7, 11) is 0. The van der Waals surface area contributed by atoms with Crippen LogP contribution in [0.4, 0.5) is 6.01 Å². The zero-order valence-corrected chi connectivity index (χ0v) is 18.3. The van der Waals surface area contributed by atoms with Crippen LogP contribution in [0.3, 0.4) is 0 Å². The summed E-state index contributed by atoms with van der Waals surface area (Å²) >= 11 is 0. The topological polar surface area (TPSA) is 71.3 Å². The van der Waals surface area contributed by atoms with Crippen LogP contribution >= 0.6 is 0 Å². The number of benzene rings is 2. The Balaban J connectivity index is 1.57. The fourth-order valence-electron chi connectivity index (χ4n) is 4.11. The van der Waals surface area contributed by atoms with Gasteiger partial charge in [-0.15, -0.1) is 5.10 Å². The van der Waals surface area contributed by atoms with Crippen LogP contribution in [0.5, 0.6) is 0 Å². The number of rotatable bonds is 6. The average Bonchev–Trinajstić information content (AvgIpc) is 3.09. The van der Waals surface area contributed by atoms with Gasteiger partial charge in [-0.3, -0.25) is 4.79 Å². The summed E-state index contributed by atoms with van der Waals surface area (Å²) in [6.07, 6.45) is 5.32. The summed E-state index contributed by atoms with van der Waals surface area (Å²) in [6, 6.07) is 16.1. The lowest BCUT2D eigenvalue weighted by molar-refractivity contribution is 0.0929. The molecule has 1 N–H and O–H groups in total. The van der Waals surface area contributed by atoms with E-state index in [-0.39, 0.29) is 5.91 Å². The number of anilines is 1. The molecule has 1 saturated heterocycles. The van der Waals surface area contributed by atoms with Crippen LogP contribution in [0, 0.1) is 13.8 Å². The van der Waals surface area contributed by atoms with Gasteiger partial charge >= 0.3 is 6.01 Å². The molecule has 0 radical (unpaired) electrons. The molecule has 162 valence electrons. The van der Waals surface area contributed by atoms with Crippen molar-refractivity contribution in [2.75, 3.05) is 18.0 Å². The molecule has 31 heavy (non-hydrogen) atoms. The zero-order valence-electron chi connectivity index (χ0n) is 18.3. The molecule has 3 aromatic rings. The Morgan fingerprint density at radius 3 is 2.48 bits per heavy atom. The highest BCUT2D eigenvalue weighted by Crippen LogP contribution is 2.24. The summed E-state index contributed by atoms with van der Waals surface area (Å²) in [5.74, 6) is 0.314. The molecule has 2 heterocycles. The van der Waals surface area contributed by atoms with E-state index < -0.39 is 6.04 Å². The minimum atomic E-state index is -0.399. The first kappa shape index (κ1) is 21.1. The molecule has 6 nitrogen and oxygen atoms in total. The normalized spacial score (nSPS) is 15.4. The third-order valence-corrected chi connectivity index (χ3v) is 5.82. The van der Waals surface area contributed by atoms with Gasteiger partial charge in [0.2, 0.25) is 5.89 Å². The van der Waals surface area contributed by atoms with E-state index in [1.807, 2.05) is 62.4 Å². The van der Waals surface area contributed by atoms with Crippen LogP contribution in [-0.4, -0.2) is 29.2 Å². The van der Waals surface area contributed by atoms with Gasteiger partial charge in [-0.25, -0.2) is 0 Å². The van der Waals surface area contributed by atoms with Crippen LogP contribution in [0.2, 0.25) is 0 Å². The number of nitrogens with zero attached hydrogens (tertiary/aromatic N) is 3. The number of hydrogen-bond acceptors (Lipinski definition) is 5. The summed E-state index contributed by atoms with van der Waals surface area (Å²) in [5, 5.41) is 11.8. The summed E-state index contributed by atoms with van der Waals surface area (Å²) in [4.78, 5) is 15.3. The van der Waals surface area contributed by atoms with Gasteiger partial charge in [0.1, 0.15) is 6.04 Å². The Morgan fingerprint density at radius 2 is 1.77 bits per heavy atom. The number of nitrogens with one attached hydrogen (secondary N) is 1. The number of aromatic nitrogens is 2. The van der Waals surface area contributed by atoms with Gasteiger partial charge in [-0.2, -0.15) is 0 Å². The van der Waals surface area contributed by atoms with E-state index in [2.05, 4.69) is 20.4 Å². The Kier molecular flexibility index (Phi) is 6.65. The van der Waals surface area contributed by atoms with Crippen LogP contribution < -0.4 is 10.2 Å². The molecule has 1 aliphatic heterocycles. The summed E-state index contributed by atoms with van der Waals surface area (Å²) in [5.41, 5.74) is 3.85. The minimum Gasteiger partial charge on any atom is -0.406 e. The monoisotopic (exact) mass is 418 g/mol. The standard InChI is InChI=1S/C25H30N4O2/c1-18-12-13-21(19(2)16-18)23(30)26-22(17-20-10-6-5-7-11-20)24-27-28-25(31-24)29-14-8-3-4-9-15-29/h5-7,10-13,16,22H,3-4,8-9,14-15,17H2,1-2H3,(H,26,30). The van der Waals surface area contributed by atoms with E-state index in [4.69, 9.17) is 4.42 Å². The van der Waals surface area contributed by atoms with Gasteiger partial charge in [0.15, 0.2) is 0 Å². The van der Waals surface area contributed by atoms with Gasteiger partial charge < -0.3 is 14.6 Å². The van der Waals surface area contributed by atoms with Gasteiger partial charge in [-0.05, 0) is 43.9 Å². The molecular formula is C25H30N4O2. The molecule has 1 unspecified atom stereocenters. The third-order valence-electron chi connectivity index (χ3n) is 5.82. The quantitative estimate of drug-likeness (QED) is 0.624. The fourth-order valence-corrected chi connectivity index (χ4v) is 4.11. The van der Waals surface area contributed by atoms with Crippen molar-refractivity contribution in [2.45, 2.75) is 52.0 Å². The first-order valence-electron chi connectivity index (χ1n) is 11.1. The van der Waals surface area contributed by atoms with Crippen LogP contribution in [0.25, 0.3) is 0 Å². The number of aryl methyl sites for hydroxylation is 2. The number of carbonyl (C=O) groups is 1. The van der Waals surface area contributed by atoms with Gasteiger partial charge in [0.05, 0.1) is 0 Å². The number of carbonyl (C=O) groups excluding carboxylic acids is 1. The van der Waals surface area contributed by atoms with Gasteiger partial charge in [0.25, 0.3) is 5.91 Å². The Hall–Kier alpha value is -3.15. The van der Waals surface area contributed by atoms with E-state index >= 15 is 0 Å². The van der Waals surface area contributed by atoms with Crippen molar-refractivity contribution in [1.29, 1.82) is 0 Å². The van der Waals surface area contributed by atoms with Crippen molar-refractivity contribution < 1.29 is 9.21 Å². The van der Waals surface area contributed by atoms with Crippen LogP contribution in [0.15, 0.2) is 52.9 Å². The first-order valence-corrected chi connectivity index (χ1v) is 11.1. The molecule has 1 amide bonds. The van der Waals surface area contributed by atoms with Gasteiger partial charge in [-0.1, -0.05) is 66.0 Å². The number of hydrogen-bond donors (Lipinski definition) is 1. The highest BCUT2D eigenvalue weighted by molar-refractivity contribution is 5.95. The SMILES string of the molecule is Cc1ccc(C(=O)NC(Cc2ccccc2)c2nnc(N3CCCCCC3)o2)c(C)c1. The molecule has 0 aliphatic carbocycles. The molecule has 2 aromatic carbocycles. The summed E-state index contributed by atoms with van der Waals surface area (Å²) in [6.45, 7) is 5.84. The van der Waals surface area contributed by atoms with Crippen LogP contribution in [0.1, 0.15) is 64.7 Å². The Morgan fingerprint density at radius 1 is 1.03 bits per heavy atom. The van der Waals surface area contributed by atoms with Crippen molar-refractivity contribution >= 4 is 11.9 Å². The number of amides is 1. The smallest absolute Gasteiger partial charge is 0.318 e. The molecule has 1 aliphatic rings. The second kappa shape index (κ2) is 9.77. The molecule has 6 heteroatoms.